The van der Waals surface area contributed by atoms with Crippen LogP contribution in [0.15, 0.2) is 0 Å². The molecule has 0 N–H and O–H groups in total. The molecule has 0 amide bonds. The topological polar surface area (TPSA) is 36.9 Å². The van der Waals surface area contributed by atoms with Gasteiger partial charge in [-0.3, -0.25) is 0 Å². The van der Waals surface area contributed by atoms with Crippen LogP contribution < -0.4 is 0 Å². The lowest BCUT2D eigenvalue weighted by molar-refractivity contribution is -0.566. The predicted molar refractivity (Wildman–Crippen MR) is 67.9 cm³/mol. The smallest absolute Gasteiger partial charge is 0.201 e. The Morgan fingerprint density at radius 3 is 2.58 bits per heavy atom. The lowest BCUT2D eigenvalue weighted by atomic mass is 9.58. The molecule has 4 heterocycles. The van der Waals surface area contributed by atoms with E-state index in [1.165, 1.54) is 12.8 Å². The van der Waals surface area contributed by atoms with E-state index in [2.05, 4.69) is 13.8 Å². The van der Waals surface area contributed by atoms with Gasteiger partial charge in [0.05, 0.1) is 6.61 Å². The van der Waals surface area contributed by atoms with Crippen molar-refractivity contribution in [2.75, 3.05) is 6.61 Å². The van der Waals surface area contributed by atoms with Crippen LogP contribution in [0.2, 0.25) is 0 Å². The average molecular weight is 268 g/mol. The molecule has 5 fully saturated rings. The Hall–Kier alpha value is -0.160. The molecule has 4 nitrogen and oxygen atoms in total. The van der Waals surface area contributed by atoms with E-state index in [0.29, 0.717) is 23.7 Å². The van der Waals surface area contributed by atoms with Gasteiger partial charge in [-0.25, -0.2) is 9.78 Å². The zero-order chi connectivity index (χ0) is 13.3. The van der Waals surface area contributed by atoms with Gasteiger partial charge in [-0.05, 0) is 43.9 Å². The number of ether oxygens (including phenoxy) is 2. The molecule has 1 aliphatic carbocycles. The van der Waals surface area contributed by atoms with Crippen LogP contribution in [0.4, 0.5) is 0 Å². The molecule has 1 saturated carbocycles. The normalized spacial score (nSPS) is 60.5. The Bertz CT molecular complexity index is 386. The van der Waals surface area contributed by atoms with E-state index in [9.17, 15) is 0 Å². The quantitative estimate of drug-likeness (QED) is 0.633. The Morgan fingerprint density at radius 2 is 1.74 bits per heavy atom. The van der Waals surface area contributed by atoms with Gasteiger partial charge in [-0.1, -0.05) is 13.8 Å². The molecule has 5 rings (SSSR count). The third-order valence-corrected chi connectivity index (χ3v) is 5.97. The summed E-state index contributed by atoms with van der Waals surface area (Å²) in [6, 6.07) is 0. The zero-order valence-corrected chi connectivity index (χ0v) is 12.1. The van der Waals surface area contributed by atoms with E-state index >= 15 is 0 Å². The van der Waals surface area contributed by atoms with Crippen molar-refractivity contribution in [3.05, 3.63) is 0 Å². The van der Waals surface area contributed by atoms with E-state index in [1.807, 2.05) is 6.92 Å². The Kier molecular flexibility index (Phi) is 2.61. The van der Waals surface area contributed by atoms with E-state index in [0.717, 1.165) is 19.4 Å². The van der Waals surface area contributed by atoms with E-state index in [4.69, 9.17) is 19.2 Å². The highest BCUT2D eigenvalue weighted by atomic mass is 17.3. The molecule has 1 spiro atoms. The summed E-state index contributed by atoms with van der Waals surface area (Å²) in [5.41, 5.74) is -0.370. The molecule has 0 aromatic carbocycles. The molecule has 0 radical (unpaired) electrons. The molecule has 19 heavy (non-hydrogen) atoms. The Morgan fingerprint density at radius 1 is 0.947 bits per heavy atom. The van der Waals surface area contributed by atoms with Gasteiger partial charge in [0.25, 0.3) is 0 Å². The van der Waals surface area contributed by atoms with Crippen molar-refractivity contribution in [2.45, 2.75) is 64.1 Å². The van der Waals surface area contributed by atoms with Crippen LogP contribution >= 0.6 is 0 Å². The first kappa shape index (κ1) is 12.6. The zero-order valence-electron chi connectivity index (χ0n) is 12.1. The molecular formula is C15H24O4. The van der Waals surface area contributed by atoms with Gasteiger partial charge >= 0.3 is 0 Å². The van der Waals surface area contributed by atoms with Crippen LogP contribution in [0, 0.1) is 23.7 Å². The van der Waals surface area contributed by atoms with Crippen molar-refractivity contribution in [3.63, 3.8) is 0 Å². The molecule has 5 aliphatic rings. The van der Waals surface area contributed by atoms with Crippen LogP contribution in [0.25, 0.3) is 0 Å². The van der Waals surface area contributed by atoms with E-state index < -0.39 is 5.79 Å². The third kappa shape index (κ3) is 1.54. The maximum absolute atomic E-state index is 6.16. The monoisotopic (exact) mass is 268 g/mol. The fraction of sp³-hybridized carbons (Fsp3) is 1.00. The minimum atomic E-state index is -0.627. The lowest BCUT2D eigenvalue weighted by Crippen LogP contribution is -2.68. The van der Waals surface area contributed by atoms with E-state index in [1.54, 1.807) is 0 Å². The fourth-order valence-electron chi connectivity index (χ4n) is 4.88. The average Bonchev–Trinajstić information content (AvgIpc) is 2.61. The minimum absolute atomic E-state index is 0.248. The lowest BCUT2D eigenvalue weighted by Gasteiger charge is -2.58. The van der Waals surface area contributed by atoms with Crippen LogP contribution in [-0.4, -0.2) is 24.3 Å². The molecule has 4 aliphatic heterocycles. The van der Waals surface area contributed by atoms with E-state index in [-0.39, 0.29) is 11.9 Å². The standard InChI is InChI=1S/C15H24O4/c1-9-4-5-11-10(2)8-16-13-15(11)12(9)6-7-14(3,17-13)18-19-15/h9-13H,4-8H2,1-3H3/t9-,10?,11+,12+,13-,14+,15+/m1/s1. The highest BCUT2D eigenvalue weighted by Gasteiger charge is 2.67. The molecule has 0 aromatic rings. The molecule has 4 heteroatoms. The minimum Gasteiger partial charge on any atom is -0.349 e. The SMILES string of the molecule is CC1CO[C@@H]2O[C@]3(C)CC[C@H]4[C@H](C)CC[C@@H]1[C@@]24OO3. The summed E-state index contributed by atoms with van der Waals surface area (Å²) >= 11 is 0. The first-order chi connectivity index (χ1) is 9.05. The highest BCUT2D eigenvalue weighted by molar-refractivity contribution is 5.08. The van der Waals surface area contributed by atoms with Crippen molar-refractivity contribution in [2.24, 2.45) is 23.7 Å². The summed E-state index contributed by atoms with van der Waals surface area (Å²) in [6.45, 7) is 7.36. The van der Waals surface area contributed by atoms with Crippen LogP contribution in [0.3, 0.4) is 0 Å². The second-order valence-electron chi connectivity index (χ2n) is 7.22. The molecular weight excluding hydrogens is 244 g/mol. The Balaban J connectivity index is 1.81. The number of rotatable bonds is 0. The summed E-state index contributed by atoms with van der Waals surface area (Å²) in [5, 5.41) is 0. The second-order valence-corrected chi connectivity index (χ2v) is 7.22. The van der Waals surface area contributed by atoms with Gasteiger partial charge < -0.3 is 9.47 Å². The van der Waals surface area contributed by atoms with Gasteiger partial charge in [0.2, 0.25) is 5.79 Å². The van der Waals surface area contributed by atoms with Gasteiger partial charge in [0, 0.05) is 12.3 Å². The highest BCUT2D eigenvalue weighted by Crippen LogP contribution is 2.59. The Labute approximate surface area is 114 Å². The molecule has 108 valence electrons. The summed E-state index contributed by atoms with van der Waals surface area (Å²) < 4.78 is 12.2. The molecule has 7 atom stereocenters. The number of fused-ring (bicyclic) bond motifs is 2. The van der Waals surface area contributed by atoms with Gasteiger partial charge in [0.15, 0.2) is 11.9 Å². The van der Waals surface area contributed by atoms with Crippen LogP contribution in [0.1, 0.15) is 46.5 Å². The van der Waals surface area contributed by atoms with Crippen LogP contribution in [-0.2, 0) is 19.2 Å². The first-order valence-corrected chi connectivity index (χ1v) is 7.71. The van der Waals surface area contributed by atoms with Crippen molar-refractivity contribution < 1.29 is 19.2 Å². The van der Waals surface area contributed by atoms with Crippen molar-refractivity contribution in [1.82, 2.24) is 0 Å². The fourth-order valence-corrected chi connectivity index (χ4v) is 4.88. The third-order valence-electron chi connectivity index (χ3n) is 5.97. The molecule has 2 bridgehead atoms. The maximum atomic E-state index is 6.16. The molecule has 0 aromatic heterocycles. The number of hydrogen-bond acceptors (Lipinski definition) is 4. The maximum Gasteiger partial charge on any atom is 0.201 e. The van der Waals surface area contributed by atoms with Crippen molar-refractivity contribution in [3.8, 4) is 0 Å². The van der Waals surface area contributed by atoms with Crippen molar-refractivity contribution in [1.29, 1.82) is 0 Å². The number of hydrogen-bond donors (Lipinski definition) is 0. The second kappa shape index (κ2) is 3.94. The van der Waals surface area contributed by atoms with Crippen LogP contribution in [0.5, 0.6) is 0 Å². The van der Waals surface area contributed by atoms with Crippen molar-refractivity contribution >= 4 is 0 Å². The van der Waals surface area contributed by atoms with Gasteiger partial charge in [-0.2, -0.15) is 0 Å². The summed E-state index contributed by atoms with van der Waals surface area (Å²) in [7, 11) is 0. The van der Waals surface area contributed by atoms with Gasteiger partial charge in [0.1, 0.15) is 0 Å². The predicted octanol–water partition coefficient (Wildman–Crippen LogP) is 2.87. The largest absolute Gasteiger partial charge is 0.349 e. The summed E-state index contributed by atoms with van der Waals surface area (Å²) in [4.78, 5) is 11.7. The summed E-state index contributed by atoms with van der Waals surface area (Å²) in [5.74, 6) is 1.53. The van der Waals surface area contributed by atoms with Gasteiger partial charge in [-0.15, -0.1) is 0 Å². The first-order valence-electron chi connectivity index (χ1n) is 7.71. The molecule has 1 unspecified atom stereocenters. The summed E-state index contributed by atoms with van der Waals surface area (Å²) in [6.07, 6.45) is 4.24. The molecule has 4 saturated heterocycles.